The van der Waals surface area contributed by atoms with Crippen molar-refractivity contribution in [1.82, 2.24) is 5.32 Å². The first-order valence-corrected chi connectivity index (χ1v) is 33.9. The fourth-order valence-electron chi connectivity index (χ4n) is 8.45. The van der Waals surface area contributed by atoms with Crippen LogP contribution in [0.25, 0.3) is 0 Å². The molecule has 8 nitrogen and oxygen atoms in total. The summed E-state index contributed by atoms with van der Waals surface area (Å²) >= 11 is 0. The van der Waals surface area contributed by atoms with E-state index in [0.29, 0.717) is 17.4 Å². The van der Waals surface area contributed by atoms with Crippen molar-refractivity contribution in [3.05, 3.63) is 158 Å². The summed E-state index contributed by atoms with van der Waals surface area (Å²) in [6, 6.07) is -0.908. The van der Waals surface area contributed by atoms with Gasteiger partial charge in [0.2, 0.25) is 5.91 Å². The zero-order chi connectivity index (χ0) is 59.1. The van der Waals surface area contributed by atoms with Crippen LogP contribution in [0.15, 0.2) is 158 Å². The summed E-state index contributed by atoms with van der Waals surface area (Å²) in [7, 11) is 1.49. The van der Waals surface area contributed by atoms with Gasteiger partial charge in [0, 0.05) is 6.42 Å². The SMILES string of the molecule is CC/C=C\C/C=C\C/C=C\C/C=C\C/C=C\C/C=C\C/C=C\C/C=C\C/C=C\C/C=C\CCCCC(=O)NC(COP(=O)(O)OCC[N+](C)(C)C)C(O)/C=C/CC/C=C/CC/C=C/CCCCCCCCCCCCCCCCCC. The van der Waals surface area contributed by atoms with Crippen LogP contribution >= 0.6 is 7.82 Å². The van der Waals surface area contributed by atoms with E-state index >= 15 is 0 Å². The van der Waals surface area contributed by atoms with Crippen molar-refractivity contribution in [3.63, 3.8) is 0 Å². The van der Waals surface area contributed by atoms with Crippen LogP contribution in [0.1, 0.15) is 239 Å². The first-order valence-electron chi connectivity index (χ1n) is 32.4. The molecule has 3 N–H and O–H groups in total. The maximum Gasteiger partial charge on any atom is 0.472 e. The topological polar surface area (TPSA) is 105 Å². The summed E-state index contributed by atoms with van der Waals surface area (Å²) in [4.78, 5) is 23.3. The van der Waals surface area contributed by atoms with Crippen molar-refractivity contribution < 1.29 is 32.9 Å². The minimum absolute atomic E-state index is 0.0357. The van der Waals surface area contributed by atoms with Gasteiger partial charge in [0.25, 0.3) is 0 Å². The van der Waals surface area contributed by atoms with E-state index in [2.05, 4.69) is 165 Å². The van der Waals surface area contributed by atoms with Gasteiger partial charge in [-0.25, -0.2) is 4.57 Å². The number of nitrogens with one attached hydrogen (secondary N) is 1. The van der Waals surface area contributed by atoms with Crippen LogP contribution in [0.4, 0.5) is 0 Å². The molecule has 0 bridgehead atoms. The molecule has 1 amide bonds. The molecule has 0 aromatic heterocycles. The Kier molecular flexibility index (Phi) is 57.8. The zero-order valence-corrected chi connectivity index (χ0v) is 53.4. The molecule has 0 aliphatic heterocycles. The minimum Gasteiger partial charge on any atom is -0.387 e. The second-order valence-corrected chi connectivity index (χ2v) is 23.8. The van der Waals surface area contributed by atoms with Gasteiger partial charge in [-0.15, -0.1) is 0 Å². The highest BCUT2D eigenvalue weighted by atomic mass is 31.2. The van der Waals surface area contributed by atoms with E-state index in [1.165, 1.54) is 109 Å². The number of aliphatic hydroxyl groups excluding tert-OH is 1. The molecule has 0 aliphatic carbocycles. The quantitative estimate of drug-likeness (QED) is 0.0243. The standard InChI is InChI=1S/C72H121N2O6P/c1-6-8-10-12-14-16-18-20-22-24-26-28-30-32-34-35-36-37-38-39-40-42-44-46-48-50-52-54-56-58-60-62-64-66-72(76)73-70(69-80-81(77,78)79-68-67-74(3,4)5)71(75)65-63-61-59-57-55-53-51-49-47-45-43-41-33-31-29-27-25-23-21-19-17-15-13-11-9-7-2/h8,10,14,16,20,22,26,28,32,34,36-37,39-40,44,46-47,49-50,52,55-58,63,65,70-71,75H,6-7,9,11-13,15,17-19,21,23-25,27,29-31,33,35,38,41-43,45,48,51,53-54,59-62,64,66-69H2,1-5H3,(H-,73,76,77,78)/p+1/b10-8-,16-14-,22-20-,28-26-,34-32-,37-36-,40-39-,46-44-,49-47+,52-50-,57-55+,58-56-,65-63+. The summed E-state index contributed by atoms with van der Waals surface area (Å²) in [5, 5.41) is 13.9. The van der Waals surface area contributed by atoms with E-state index in [-0.39, 0.29) is 25.5 Å². The molecule has 0 saturated carbocycles. The summed E-state index contributed by atoms with van der Waals surface area (Å²) in [6.07, 6.45) is 95.2. The highest BCUT2D eigenvalue weighted by Crippen LogP contribution is 2.43. The molecular formula is C72H122N2O6P+. The number of quaternary nitrogens is 1. The predicted molar refractivity (Wildman–Crippen MR) is 354 cm³/mol. The van der Waals surface area contributed by atoms with Crippen molar-refractivity contribution >= 4 is 13.7 Å². The number of hydrogen-bond donors (Lipinski definition) is 3. The number of phosphoric ester groups is 1. The number of carbonyl (C=O) groups is 1. The predicted octanol–water partition coefficient (Wildman–Crippen LogP) is 20.6. The molecule has 3 atom stereocenters. The molecule has 0 aliphatic rings. The van der Waals surface area contributed by atoms with E-state index in [9.17, 15) is 19.4 Å². The van der Waals surface area contributed by atoms with Gasteiger partial charge in [0.05, 0.1) is 39.9 Å². The van der Waals surface area contributed by atoms with Gasteiger partial charge in [0.15, 0.2) is 0 Å². The third-order valence-electron chi connectivity index (χ3n) is 13.5. The van der Waals surface area contributed by atoms with Crippen molar-refractivity contribution in [2.75, 3.05) is 40.9 Å². The largest absolute Gasteiger partial charge is 0.472 e. The minimum atomic E-state index is -4.39. The van der Waals surface area contributed by atoms with Crippen molar-refractivity contribution in [2.45, 2.75) is 251 Å². The maximum absolute atomic E-state index is 13.0. The third kappa shape index (κ3) is 63.5. The first-order chi connectivity index (χ1) is 39.5. The number of aliphatic hydroxyl groups is 1. The fourth-order valence-corrected chi connectivity index (χ4v) is 9.19. The molecule has 460 valence electrons. The van der Waals surface area contributed by atoms with E-state index in [1.807, 2.05) is 27.2 Å². The fraction of sp³-hybridized carbons (Fsp3) is 0.625. The van der Waals surface area contributed by atoms with Crippen LogP contribution in [0.5, 0.6) is 0 Å². The molecular weight excluding hydrogens is 1020 g/mol. The lowest BCUT2D eigenvalue weighted by Crippen LogP contribution is -2.45. The van der Waals surface area contributed by atoms with Crippen LogP contribution in [0.3, 0.4) is 0 Å². The van der Waals surface area contributed by atoms with E-state index in [0.717, 1.165) is 103 Å². The number of nitrogens with zero attached hydrogens (tertiary/aromatic N) is 1. The second kappa shape index (κ2) is 60.7. The lowest BCUT2D eigenvalue weighted by molar-refractivity contribution is -0.870. The Balaban J connectivity index is 4.36. The Morgan fingerprint density at radius 3 is 1.14 bits per heavy atom. The molecule has 0 fully saturated rings. The van der Waals surface area contributed by atoms with Crippen LogP contribution in [-0.2, 0) is 18.4 Å². The molecule has 0 heterocycles. The Morgan fingerprint density at radius 2 is 0.753 bits per heavy atom. The molecule has 9 heteroatoms. The van der Waals surface area contributed by atoms with E-state index in [1.54, 1.807) is 6.08 Å². The number of likely N-dealkylation sites (N-methyl/N-ethyl adjacent to an activating group) is 1. The normalized spacial score (nSPS) is 14.8. The number of phosphoric acid groups is 1. The highest BCUT2D eigenvalue weighted by Gasteiger charge is 2.27. The Labute approximate surface area is 499 Å². The van der Waals surface area contributed by atoms with E-state index in [4.69, 9.17) is 9.05 Å². The van der Waals surface area contributed by atoms with Crippen LogP contribution < -0.4 is 5.32 Å². The second-order valence-electron chi connectivity index (χ2n) is 22.4. The first kappa shape index (κ1) is 77.1. The molecule has 0 rings (SSSR count). The molecule has 0 spiro atoms. The van der Waals surface area contributed by atoms with Gasteiger partial charge in [-0.05, 0) is 122 Å². The summed E-state index contributed by atoms with van der Waals surface area (Å²) in [5.41, 5.74) is 0. The number of carbonyl (C=O) groups excluding carboxylic acids is 1. The smallest absolute Gasteiger partial charge is 0.387 e. The number of rotatable bonds is 57. The van der Waals surface area contributed by atoms with Crippen molar-refractivity contribution in [3.8, 4) is 0 Å². The summed E-state index contributed by atoms with van der Waals surface area (Å²) in [6.45, 7) is 4.63. The van der Waals surface area contributed by atoms with Crippen LogP contribution in [-0.4, -0.2) is 73.4 Å². The third-order valence-corrected chi connectivity index (χ3v) is 14.4. The zero-order valence-electron chi connectivity index (χ0n) is 52.5. The monoisotopic (exact) mass is 1140 g/mol. The number of unbranched alkanes of at least 4 members (excludes halogenated alkanes) is 20. The van der Waals surface area contributed by atoms with Gasteiger partial charge >= 0.3 is 7.82 Å². The number of amides is 1. The number of hydrogen-bond acceptors (Lipinski definition) is 5. The molecule has 0 aromatic carbocycles. The number of allylic oxidation sites excluding steroid dienone is 25. The van der Waals surface area contributed by atoms with Crippen molar-refractivity contribution in [1.29, 1.82) is 0 Å². The summed E-state index contributed by atoms with van der Waals surface area (Å²) in [5.74, 6) is -0.239. The highest BCUT2D eigenvalue weighted by molar-refractivity contribution is 7.47. The lowest BCUT2D eigenvalue weighted by Gasteiger charge is -2.25. The Hall–Kier alpha value is -3.88. The lowest BCUT2D eigenvalue weighted by atomic mass is 10.0. The van der Waals surface area contributed by atoms with Gasteiger partial charge in [-0.2, -0.15) is 0 Å². The average Bonchev–Trinajstić information content (AvgIpc) is 3.43. The van der Waals surface area contributed by atoms with Crippen molar-refractivity contribution in [2.24, 2.45) is 0 Å². The van der Waals surface area contributed by atoms with E-state index < -0.39 is 20.0 Å². The molecule has 0 radical (unpaired) electrons. The van der Waals surface area contributed by atoms with Gasteiger partial charge in [-0.3, -0.25) is 13.8 Å². The van der Waals surface area contributed by atoms with Gasteiger partial charge in [-0.1, -0.05) is 268 Å². The molecule has 81 heavy (non-hydrogen) atoms. The Morgan fingerprint density at radius 1 is 0.432 bits per heavy atom. The maximum atomic E-state index is 13.0. The van der Waals surface area contributed by atoms with Crippen LogP contribution in [0.2, 0.25) is 0 Å². The van der Waals surface area contributed by atoms with Gasteiger partial charge in [0.1, 0.15) is 13.2 Å². The Bertz CT molecular complexity index is 1870. The van der Waals surface area contributed by atoms with Gasteiger partial charge < -0.3 is 19.8 Å². The molecule has 0 aromatic rings. The van der Waals surface area contributed by atoms with Crippen LogP contribution in [0, 0.1) is 0 Å². The average molecular weight is 1140 g/mol. The summed E-state index contributed by atoms with van der Waals surface area (Å²) < 4.78 is 23.7. The molecule has 0 saturated heterocycles. The molecule has 3 unspecified atom stereocenters.